The molecule has 0 spiro atoms. The minimum absolute atomic E-state index is 0. The Kier molecular flexibility index (Phi) is 3.59. The van der Waals surface area contributed by atoms with Gasteiger partial charge < -0.3 is 4.40 Å². The lowest BCUT2D eigenvalue weighted by atomic mass is 10.5. The predicted molar refractivity (Wildman–Crippen MR) is 59.7 cm³/mol. The highest BCUT2D eigenvalue weighted by Crippen LogP contribution is 2.12. The van der Waals surface area contributed by atoms with Crippen LogP contribution in [0.15, 0.2) is 29.0 Å². The van der Waals surface area contributed by atoms with E-state index in [0.29, 0.717) is 5.88 Å². The molecule has 2 rings (SSSR count). The fourth-order valence-electron chi connectivity index (χ4n) is 1.08. The second kappa shape index (κ2) is 4.31. The average molecular weight is 282 g/mol. The summed E-state index contributed by atoms with van der Waals surface area (Å²) >= 11 is 9.03. The largest absolute Gasteiger partial charge is 0.306 e. The molecule has 0 aromatic carbocycles. The number of nitrogens with zero attached hydrogens (tertiary/aromatic N) is 2. The summed E-state index contributed by atoms with van der Waals surface area (Å²) in [6.07, 6.45) is 3.88. The van der Waals surface area contributed by atoms with Gasteiger partial charge in [-0.2, -0.15) is 0 Å². The highest BCUT2D eigenvalue weighted by atomic mass is 79.9. The summed E-state index contributed by atoms with van der Waals surface area (Å²) in [5.74, 6) is 0.458. The fourth-order valence-corrected chi connectivity index (χ4v) is 1.56. The third kappa shape index (κ3) is 2.16. The Balaban J connectivity index is 0.000000845. The first-order valence-electron chi connectivity index (χ1n) is 3.49. The molecule has 0 atom stereocenters. The molecule has 0 unspecified atom stereocenters. The third-order valence-electron chi connectivity index (χ3n) is 1.60. The quantitative estimate of drug-likeness (QED) is 0.734. The lowest BCUT2D eigenvalue weighted by Crippen LogP contribution is -1.80. The van der Waals surface area contributed by atoms with Gasteiger partial charge in [-0.3, -0.25) is 0 Å². The van der Waals surface area contributed by atoms with Crippen LogP contribution in [0.25, 0.3) is 5.65 Å². The summed E-state index contributed by atoms with van der Waals surface area (Å²) in [5, 5.41) is 0. The van der Waals surface area contributed by atoms with Crippen LogP contribution < -0.4 is 0 Å². The van der Waals surface area contributed by atoms with Crippen LogP contribution in [0.1, 0.15) is 5.69 Å². The molecule has 2 heterocycles. The number of rotatable bonds is 1. The van der Waals surface area contributed by atoms with E-state index in [-0.39, 0.29) is 12.4 Å². The lowest BCUT2D eigenvalue weighted by molar-refractivity contribution is 1.17. The van der Waals surface area contributed by atoms with Gasteiger partial charge in [-0.1, -0.05) is 0 Å². The first-order chi connectivity index (χ1) is 5.79. The summed E-state index contributed by atoms with van der Waals surface area (Å²) in [6, 6.07) is 3.90. The normalized spacial score (nSPS) is 10.0. The Morgan fingerprint density at radius 3 is 2.85 bits per heavy atom. The summed E-state index contributed by atoms with van der Waals surface area (Å²) in [5.41, 5.74) is 1.82. The van der Waals surface area contributed by atoms with E-state index in [1.807, 2.05) is 28.9 Å². The van der Waals surface area contributed by atoms with Crippen LogP contribution in [0.3, 0.4) is 0 Å². The number of imidazole rings is 1. The topological polar surface area (TPSA) is 17.3 Å². The molecule has 0 radical (unpaired) electrons. The monoisotopic (exact) mass is 280 g/mol. The predicted octanol–water partition coefficient (Wildman–Crippen LogP) is 3.26. The maximum absolute atomic E-state index is 5.65. The standard InChI is InChI=1S/C8H6BrClN2.ClH/c9-6-1-2-8-11-7(3-10)5-12(8)4-6;/h1-2,4-5H,3H2;1H. The summed E-state index contributed by atoms with van der Waals surface area (Å²) in [7, 11) is 0. The molecule has 0 bridgehead atoms. The molecule has 2 aromatic heterocycles. The Bertz CT molecular complexity index is 413. The van der Waals surface area contributed by atoms with Gasteiger partial charge in [0.15, 0.2) is 0 Å². The fraction of sp³-hybridized carbons (Fsp3) is 0.125. The zero-order valence-corrected chi connectivity index (χ0v) is 9.73. The maximum atomic E-state index is 5.65. The molecule has 0 aliphatic rings. The van der Waals surface area contributed by atoms with Crippen molar-refractivity contribution in [3.05, 3.63) is 34.7 Å². The zero-order valence-electron chi connectivity index (χ0n) is 6.58. The first kappa shape index (κ1) is 10.8. The second-order valence-electron chi connectivity index (χ2n) is 2.48. The molecule has 0 aliphatic carbocycles. The van der Waals surface area contributed by atoms with Gasteiger partial charge in [0.1, 0.15) is 5.65 Å². The van der Waals surface area contributed by atoms with Crippen LogP contribution in [0.5, 0.6) is 0 Å². The molecule has 13 heavy (non-hydrogen) atoms. The number of fused-ring (bicyclic) bond motifs is 1. The number of alkyl halides is 1. The van der Waals surface area contributed by atoms with Crippen LogP contribution in [0, 0.1) is 0 Å². The smallest absolute Gasteiger partial charge is 0.137 e. The Morgan fingerprint density at radius 2 is 2.15 bits per heavy atom. The van der Waals surface area contributed by atoms with Crippen LogP contribution in [0.4, 0.5) is 0 Å². The van der Waals surface area contributed by atoms with Crippen molar-refractivity contribution >= 4 is 45.6 Å². The van der Waals surface area contributed by atoms with E-state index in [1.54, 1.807) is 0 Å². The summed E-state index contributed by atoms with van der Waals surface area (Å²) in [6.45, 7) is 0. The third-order valence-corrected chi connectivity index (χ3v) is 2.34. The van der Waals surface area contributed by atoms with E-state index >= 15 is 0 Å². The van der Waals surface area contributed by atoms with Crippen LogP contribution in [-0.4, -0.2) is 9.38 Å². The SMILES string of the molecule is Cl.ClCc1cn2cc(Br)ccc2n1. The second-order valence-corrected chi connectivity index (χ2v) is 3.66. The van der Waals surface area contributed by atoms with Gasteiger partial charge in [-0.25, -0.2) is 4.98 Å². The lowest BCUT2D eigenvalue weighted by Gasteiger charge is -1.91. The van der Waals surface area contributed by atoms with E-state index in [4.69, 9.17) is 11.6 Å². The van der Waals surface area contributed by atoms with Crippen LogP contribution >= 0.6 is 39.9 Å². The molecule has 5 heteroatoms. The molecule has 70 valence electrons. The first-order valence-corrected chi connectivity index (χ1v) is 4.81. The molecule has 0 amide bonds. The molecule has 0 saturated heterocycles. The van der Waals surface area contributed by atoms with Gasteiger partial charge in [0.05, 0.1) is 11.6 Å². The van der Waals surface area contributed by atoms with Crippen molar-refractivity contribution in [2.45, 2.75) is 5.88 Å². The Labute approximate surface area is 95.5 Å². The number of hydrogen-bond acceptors (Lipinski definition) is 1. The van der Waals surface area contributed by atoms with Gasteiger partial charge in [-0.15, -0.1) is 24.0 Å². The average Bonchev–Trinajstić information content (AvgIpc) is 2.46. The minimum Gasteiger partial charge on any atom is -0.306 e. The van der Waals surface area contributed by atoms with E-state index < -0.39 is 0 Å². The van der Waals surface area contributed by atoms with Crippen molar-refractivity contribution in [1.29, 1.82) is 0 Å². The summed E-state index contributed by atoms with van der Waals surface area (Å²) < 4.78 is 2.98. The van der Waals surface area contributed by atoms with Crippen molar-refractivity contribution < 1.29 is 0 Å². The van der Waals surface area contributed by atoms with Crippen molar-refractivity contribution in [2.24, 2.45) is 0 Å². The van der Waals surface area contributed by atoms with Gasteiger partial charge in [0, 0.05) is 16.9 Å². The van der Waals surface area contributed by atoms with E-state index in [1.165, 1.54) is 0 Å². The van der Waals surface area contributed by atoms with Gasteiger partial charge >= 0.3 is 0 Å². The van der Waals surface area contributed by atoms with Gasteiger partial charge in [0.25, 0.3) is 0 Å². The Hall–Kier alpha value is -0.250. The molecular weight excluding hydrogens is 275 g/mol. The zero-order chi connectivity index (χ0) is 8.55. The highest BCUT2D eigenvalue weighted by Gasteiger charge is 1.99. The maximum Gasteiger partial charge on any atom is 0.137 e. The van der Waals surface area contributed by atoms with E-state index in [9.17, 15) is 0 Å². The Morgan fingerprint density at radius 1 is 1.38 bits per heavy atom. The van der Waals surface area contributed by atoms with E-state index in [2.05, 4.69) is 20.9 Å². The molecule has 0 saturated carbocycles. The van der Waals surface area contributed by atoms with Crippen molar-refractivity contribution in [1.82, 2.24) is 9.38 Å². The van der Waals surface area contributed by atoms with Crippen molar-refractivity contribution in [3.8, 4) is 0 Å². The highest BCUT2D eigenvalue weighted by molar-refractivity contribution is 9.10. The number of halogens is 3. The molecule has 0 fully saturated rings. The van der Waals surface area contributed by atoms with E-state index in [0.717, 1.165) is 15.8 Å². The van der Waals surface area contributed by atoms with Gasteiger partial charge in [0.2, 0.25) is 0 Å². The van der Waals surface area contributed by atoms with Crippen LogP contribution in [0.2, 0.25) is 0 Å². The molecular formula is C8H7BrCl2N2. The number of hydrogen-bond donors (Lipinski definition) is 0. The minimum atomic E-state index is 0. The van der Waals surface area contributed by atoms with Crippen molar-refractivity contribution in [2.75, 3.05) is 0 Å². The van der Waals surface area contributed by atoms with Crippen LogP contribution in [-0.2, 0) is 5.88 Å². The number of aromatic nitrogens is 2. The van der Waals surface area contributed by atoms with Gasteiger partial charge in [-0.05, 0) is 28.1 Å². The summed E-state index contributed by atoms with van der Waals surface area (Å²) in [4.78, 5) is 4.28. The molecule has 0 N–H and O–H groups in total. The molecule has 2 aromatic rings. The molecule has 0 aliphatic heterocycles. The van der Waals surface area contributed by atoms with Crippen molar-refractivity contribution in [3.63, 3.8) is 0 Å². The molecule has 2 nitrogen and oxygen atoms in total. The number of pyridine rings is 1.